The van der Waals surface area contributed by atoms with Crippen LogP contribution in [-0.2, 0) is 4.74 Å². The van der Waals surface area contributed by atoms with Crippen molar-refractivity contribution in [1.82, 2.24) is 4.90 Å². The number of hydrogen-bond donors (Lipinski definition) is 1. The summed E-state index contributed by atoms with van der Waals surface area (Å²) in [5.41, 5.74) is 0. The Hall–Kier alpha value is -0.120. The molecule has 0 spiro atoms. The minimum absolute atomic E-state index is 0.113. The molecule has 2 rings (SSSR count). The van der Waals surface area contributed by atoms with E-state index in [0.717, 1.165) is 25.9 Å². The number of aliphatic hydroxyl groups excluding tert-OH is 1. The highest BCUT2D eigenvalue weighted by Gasteiger charge is 2.30. The quantitative estimate of drug-likeness (QED) is 0.730. The van der Waals surface area contributed by atoms with E-state index in [0.29, 0.717) is 12.1 Å². The summed E-state index contributed by atoms with van der Waals surface area (Å²) >= 11 is 0. The van der Waals surface area contributed by atoms with Crippen LogP contribution < -0.4 is 0 Å². The monoisotopic (exact) mass is 227 g/mol. The van der Waals surface area contributed by atoms with Crippen molar-refractivity contribution >= 4 is 0 Å². The summed E-state index contributed by atoms with van der Waals surface area (Å²) in [6.45, 7) is 2.15. The molecule has 3 atom stereocenters. The summed E-state index contributed by atoms with van der Waals surface area (Å²) in [5, 5.41) is 10.2. The van der Waals surface area contributed by atoms with E-state index < -0.39 is 0 Å². The van der Waals surface area contributed by atoms with Crippen molar-refractivity contribution in [2.24, 2.45) is 0 Å². The summed E-state index contributed by atoms with van der Waals surface area (Å²) in [6, 6.07) is 0.389. The molecule has 1 saturated carbocycles. The van der Waals surface area contributed by atoms with Gasteiger partial charge in [0.1, 0.15) is 0 Å². The number of hydrogen-bond acceptors (Lipinski definition) is 3. The van der Waals surface area contributed by atoms with E-state index in [2.05, 4.69) is 4.90 Å². The van der Waals surface area contributed by atoms with Crippen LogP contribution in [0.1, 0.15) is 44.9 Å². The number of rotatable bonds is 2. The van der Waals surface area contributed by atoms with Crippen LogP contribution in [-0.4, -0.2) is 48.5 Å². The van der Waals surface area contributed by atoms with Crippen LogP contribution in [0.25, 0.3) is 0 Å². The molecule has 3 heteroatoms. The molecule has 0 aromatic heterocycles. The molecule has 1 N–H and O–H groups in total. The normalized spacial score (nSPS) is 38.2. The lowest BCUT2D eigenvalue weighted by molar-refractivity contribution is -0.0213. The number of piperidine rings is 1. The van der Waals surface area contributed by atoms with Crippen LogP contribution in [0.3, 0.4) is 0 Å². The van der Waals surface area contributed by atoms with Crippen molar-refractivity contribution in [3.63, 3.8) is 0 Å². The molecule has 0 radical (unpaired) electrons. The van der Waals surface area contributed by atoms with E-state index in [1.54, 1.807) is 7.11 Å². The van der Waals surface area contributed by atoms with Gasteiger partial charge >= 0.3 is 0 Å². The van der Waals surface area contributed by atoms with Crippen molar-refractivity contribution in [3.05, 3.63) is 0 Å². The van der Waals surface area contributed by atoms with Crippen molar-refractivity contribution in [2.45, 2.75) is 63.2 Å². The highest BCUT2D eigenvalue weighted by Crippen LogP contribution is 2.25. The average Bonchev–Trinajstić information content (AvgIpc) is 2.54. The largest absolute Gasteiger partial charge is 0.391 e. The van der Waals surface area contributed by atoms with Gasteiger partial charge in [-0.1, -0.05) is 19.3 Å². The third-order valence-electron chi connectivity index (χ3n) is 4.16. The Morgan fingerprint density at radius 1 is 1.06 bits per heavy atom. The van der Waals surface area contributed by atoms with Gasteiger partial charge in [0.2, 0.25) is 0 Å². The first-order valence-electron chi connectivity index (χ1n) is 6.76. The van der Waals surface area contributed by atoms with Gasteiger partial charge in [-0.2, -0.15) is 0 Å². The third kappa shape index (κ3) is 2.96. The standard InChI is InChI=1S/C13H25NO2/c1-16-11-6-5-9-14(10-11)12-7-3-2-4-8-13(12)15/h11-13,15H,2-10H2,1H3. The van der Waals surface area contributed by atoms with Crippen LogP contribution in [0, 0.1) is 0 Å². The minimum atomic E-state index is -0.113. The van der Waals surface area contributed by atoms with Crippen LogP contribution in [0.5, 0.6) is 0 Å². The Morgan fingerprint density at radius 2 is 1.88 bits per heavy atom. The highest BCUT2D eigenvalue weighted by atomic mass is 16.5. The third-order valence-corrected chi connectivity index (χ3v) is 4.16. The summed E-state index contributed by atoms with van der Waals surface area (Å²) in [7, 11) is 1.80. The molecule has 0 aromatic carbocycles. The van der Waals surface area contributed by atoms with Crippen molar-refractivity contribution < 1.29 is 9.84 Å². The lowest BCUT2D eigenvalue weighted by atomic mass is 9.99. The zero-order valence-corrected chi connectivity index (χ0v) is 10.4. The molecule has 1 saturated heterocycles. The molecule has 3 unspecified atom stereocenters. The van der Waals surface area contributed by atoms with Crippen molar-refractivity contribution in [1.29, 1.82) is 0 Å². The smallest absolute Gasteiger partial charge is 0.0698 e. The van der Waals surface area contributed by atoms with E-state index in [1.807, 2.05) is 0 Å². The fourth-order valence-electron chi connectivity index (χ4n) is 3.15. The molecule has 16 heavy (non-hydrogen) atoms. The second-order valence-corrected chi connectivity index (χ2v) is 5.27. The van der Waals surface area contributed by atoms with Gasteiger partial charge in [-0.05, 0) is 32.2 Å². The van der Waals surface area contributed by atoms with Gasteiger partial charge in [0.25, 0.3) is 0 Å². The van der Waals surface area contributed by atoms with Crippen LogP contribution >= 0.6 is 0 Å². The first-order chi connectivity index (χ1) is 7.81. The van der Waals surface area contributed by atoms with Gasteiger partial charge in [-0.25, -0.2) is 0 Å². The van der Waals surface area contributed by atoms with Gasteiger partial charge in [0.05, 0.1) is 12.2 Å². The SMILES string of the molecule is COC1CCCN(C2CCCCCC2O)C1. The van der Waals surface area contributed by atoms with Crippen LogP contribution in [0.2, 0.25) is 0 Å². The number of ether oxygens (including phenoxy) is 1. The zero-order chi connectivity index (χ0) is 11.4. The van der Waals surface area contributed by atoms with E-state index in [1.165, 1.54) is 32.1 Å². The molecule has 2 fully saturated rings. The van der Waals surface area contributed by atoms with E-state index in [4.69, 9.17) is 4.74 Å². The van der Waals surface area contributed by atoms with E-state index in [9.17, 15) is 5.11 Å². The van der Waals surface area contributed by atoms with Crippen LogP contribution in [0.15, 0.2) is 0 Å². The molecule has 2 aliphatic rings. The second-order valence-electron chi connectivity index (χ2n) is 5.27. The average molecular weight is 227 g/mol. The fourth-order valence-corrected chi connectivity index (χ4v) is 3.15. The molecule has 1 heterocycles. The summed E-state index contributed by atoms with van der Waals surface area (Å²) in [6.07, 6.45) is 8.56. The Morgan fingerprint density at radius 3 is 2.69 bits per heavy atom. The molecule has 3 nitrogen and oxygen atoms in total. The molecular formula is C13H25NO2. The van der Waals surface area contributed by atoms with Gasteiger partial charge in [0.15, 0.2) is 0 Å². The first kappa shape index (κ1) is 12.3. The maximum Gasteiger partial charge on any atom is 0.0698 e. The van der Waals surface area contributed by atoms with E-state index >= 15 is 0 Å². The summed E-state index contributed by atoms with van der Waals surface area (Å²) < 4.78 is 5.46. The molecule has 0 bridgehead atoms. The number of nitrogens with zero attached hydrogens (tertiary/aromatic N) is 1. The predicted molar refractivity (Wildman–Crippen MR) is 64.5 cm³/mol. The maximum absolute atomic E-state index is 10.2. The van der Waals surface area contributed by atoms with E-state index in [-0.39, 0.29) is 6.10 Å². The zero-order valence-electron chi connectivity index (χ0n) is 10.4. The Kier molecular flexibility index (Phi) is 4.62. The fraction of sp³-hybridized carbons (Fsp3) is 1.00. The lowest BCUT2D eigenvalue weighted by Gasteiger charge is -2.39. The summed E-state index contributed by atoms with van der Waals surface area (Å²) in [4.78, 5) is 2.47. The van der Waals surface area contributed by atoms with Gasteiger partial charge in [-0.3, -0.25) is 4.90 Å². The Bertz CT molecular complexity index is 210. The molecular weight excluding hydrogens is 202 g/mol. The van der Waals surface area contributed by atoms with Gasteiger partial charge in [0, 0.05) is 19.7 Å². The second kappa shape index (κ2) is 5.99. The molecule has 94 valence electrons. The number of methoxy groups -OCH3 is 1. The topological polar surface area (TPSA) is 32.7 Å². The first-order valence-corrected chi connectivity index (χ1v) is 6.76. The number of aliphatic hydroxyl groups is 1. The van der Waals surface area contributed by atoms with Crippen LogP contribution in [0.4, 0.5) is 0 Å². The van der Waals surface area contributed by atoms with Gasteiger partial charge < -0.3 is 9.84 Å². The Labute approximate surface area is 98.8 Å². The number of likely N-dealkylation sites (tertiary alicyclic amines) is 1. The molecule has 0 aromatic rings. The molecule has 1 aliphatic heterocycles. The summed E-state index contributed by atoms with van der Waals surface area (Å²) in [5.74, 6) is 0. The highest BCUT2D eigenvalue weighted by molar-refractivity contribution is 4.85. The molecule has 0 amide bonds. The van der Waals surface area contributed by atoms with Gasteiger partial charge in [-0.15, -0.1) is 0 Å². The maximum atomic E-state index is 10.2. The lowest BCUT2D eigenvalue weighted by Crippen LogP contribution is -2.49. The Balaban J connectivity index is 1.93. The molecule has 1 aliphatic carbocycles. The minimum Gasteiger partial charge on any atom is -0.391 e. The van der Waals surface area contributed by atoms with Crippen molar-refractivity contribution in [3.8, 4) is 0 Å². The van der Waals surface area contributed by atoms with Crippen molar-refractivity contribution in [2.75, 3.05) is 20.2 Å². The predicted octanol–water partition coefficient (Wildman–Crippen LogP) is 1.79.